The fourth-order valence-electron chi connectivity index (χ4n) is 4.16. The Morgan fingerprint density at radius 1 is 1.15 bits per heavy atom. The van der Waals surface area contributed by atoms with E-state index >= 15 is 0 Å². The van der Waals surface area contributed by atoms with Gasteiger partial charge in [-0.15, -0.1) is 0 Å². The first kappa shape index (κ1) is 19.2. The first-order valence-electron chi connectivity index (χ1n) is 10.2. The molecule has 5 nitrogen and oxygen atoms in total. The van der Waals surface area contributed by atoms with Crippen LogP contribution in [-0.2, 0) is 0 Å². The minimum atomic E-state index is 0.505. The van der Waals surface area contributed by atoms with Gasteiger partial charge in [0.15, 0.2) is 5.96 Å². The summed E-state index contributed by atoms with van der Waals surface area (Å²) in [6.45, 7) is 5.51. The quantitative estimate of drug-likeness (QED) is 0.466. The number of nitrogens with one attached hydrogen (secondary N) is 2. The van der Waals surface area contributed by atoms with E-state index in [1.165, 1.54) is 31.2 Å². The van der Waals surface area contributed by atoms with Crippen molar-refractivity contribution in [2.75, 3.05) is 46.8 Å². The first-order chi connectivity index (χ1) is 12.8. The monoisotopic (exact) mass is 357 g/mol. The van der Waals surface area contributed by atoms with E-state index in [-0.39, 0.29) is 0 Å². The molecule has 1 aliphatic heterocycles. The summed E-state index contributed by atoms with van der Waals surface area (Å²) in [6, 6.07) is 12.1. The van der Waals surface area contributed by atoms with Crippen LogP contribution < -0.4 is 10.6 Å². The van der Waals surface area contributed by atoms with Gasteiger partial charge in [-0.25, -0.2) is 0 Å². The minimum absolute atomic E-state index is 0.505. The standard InChI is InChI=1S/C21H35N5/c1-22-21(24-19-11-6-7-12-19)23-13-8-14-26-16-15-25(2)17-20(26)18-9-4-3-5-10-18/h3-5,9-10,19-20H,6-8,11-17H2,1-2H3,(H2,22,23,24). The highest BCUT2D eigenvalue weighted by molar-refractivity contribution is 5.79. The van der Waals surface area contributed by atoms with Gasteiger partial charge in [0.2, 0.25) is 0 Å². The molecule has 1 aromatic carbocycles. The van der Waals surface area contributed by atoms with Gasteiger partial charge < -0.3 is 15.5 Å². The van der Waals surface area contributed by atoms with Crippen LogP contribution in [0.4, 0.5) is 0 Å². The lowest BCUT2D eigenvalue weighted by Gasteiger charge is -2.40. The third kappa shape index (κ3) is 5.45. The van der Waals surface area contributed by atoms with Crippen LogP contribution in [0, 0.1) is 0 Å². The number of hydrogen-bond donors (Lipinski definition) is 2. The smallest absolute Gasteiger partial charge is 0.191 e. The van der Waals surface area contributed by atoms with Crippen LogP contribution in [0.2, 0.25) is 0 Å². The zero-order valence-corrected chi connectivity index (χ0v) is 16.5. The highest BCUT2D eigenvalue weighted by Gasteiger charge is 2.26. The molecule has 1 saturated carbocycles. The maximum atomic E-state index is 4.38. The second-order valence-corrected chi connectivity index (χ2v) is 7.70. The van der Waals surface area contributed by atoms with Crippen molar-refractivity contribution in [3.05, 3.63) is 35.9 Å². The fraction of sp³-hybridized carbons (Fsp3) is 0.667. The lowest BCUT2D eigenvalue weighted by Crippen LogP contribution is -2.48. The van der Waals surface area contributed by atoms with Crippen LogP contribution in [0.25, 0.3) is 0 Å². The van der Waals surface area contributed by atoms with Crippen molar-refractivity contribution in [1.29, 1.82) is 0 Å². The number of likely N-dealkylation sites (N-methyl/N-ethyl adjacent to an activating group) is 1. The zero-order valence-electron chi connectivity index (χ0n) is 16.5. The molecule has 1 atom stereocenters. The summed E-state index contributed by atoms with van der Waals surface area (Å²) in [5, 5.41) is 7.06. The molecule has 1 aromatic rings. The predicted octanol–water partition coefficient (Wildman–Crippen LogP) is 2.47. The van der Waals surface area contributed by atoms with Gasteiger partial charge in [-0.3, -0.25) is 9.89 Å². The fourth-order valence-corrected chi connectivity index (χ4v) is 4.16. The molecular weight excluding hydrogens is 322 g/mol. The van der Waals surface area contributed by atoms with Gasteiger partial charge in [-0.1, -0.05) is 43.2 Å². The normalized spacial score (nSPS) is 23.3. The van der Waals surface area contributed by atoms with Crippen LogP contribution in [0.3, 0.4) is 0 Å². The van der Waals surface area contributed by atoms with Crippen molar-refractivity contribution in [1.82, 2.24) is 20.4 Å². The zero-order chi connectivity index (χ0) is 18.2. The molecule has 26 heavy (non-hydrogen) atoms. The molecule has 1 saturated heterocycles. The van der Waals surface area contributed by atoms with Gasteiger partial charge in [0.05, 0.1) is 0 Å². The topological polar surface area (TPSA) is 42.9 Å². The van der Waals surface area contributed by atoms with E-state index in [1.807, 2.05) is 7.05 Å². The van der Waals surface area contributed by atoms with Crippen LogP contribution >= 0.6 is 0 Å². The van der Waals surface area contributed by atoms with Gasteiger partial charge in [-0.05, 0) is 31.9 Å². The van der Waals surface area contributed by atoms with Gasteiger partial charge in [-0.2, -0.15) is 0 Å². The molecule has 5 heteroatoms. The van der Waals surface area contributed by atoms with E-state index in [9.17, 15) is 0 Å². The molecule has 3 rings (SSSR count). The van der Waals surface area contributed by atoms with E-state index in [1.54, 1.807) is 0 Å². The van der Waals surface area contributed by atoms with Gasteiger partial charge in [0.25, 0.3) is 0 Å². The van der Waals surface area contributed by atoms with Crippen LogP contribution in [-0.4, -0.2) is 68.6 Å². The lowest BCUT2D eigenvalue weighted by atomic mass is 10.0. The molecule has 0 amide bonds. The Labute approximate surface area is 158 Å². The van der Waals surface area contributed by atoms with E-state index in [0.29, 0.717) is 12.1 Å². The van der Waals surface area contributed by atoms with Crippen LogP contribution in [0.15, 0.2) is 35.3 Å². The molecule has 2 aliphatic rings. The summed E-state index contributed by atoms with van der Waals surface area (Å²) in [4.78, 5) is 9.47. The Hall–Kier alpha value is -1.59. The lowest BCUT2D eigenvalue weighted by molar-refractivity contribution is 0.0891. The van der Waals surface area contributed by atoms with E-state index in [4.69, 9.17) is 0 Å². The van der Waals surface area contributed by atoms with E-state index < -0.39 is 0 Å². The van der Waals surface area contributed by atoms with Crippen molar-refractivity contribution < 1.29 is 0 Å². The number of guanidine groups is 1. The summed E-state index contributed by atoms with van der Waals surface area (Å²) < 4.78 is 0. The molecule has 2 fully saturated rings. The molecule has 2 N–H and O–H groups in total. The highest BCUT2D eigenvalue weighted by atomic mass is 15.3. The maximum Gasteiger partial charge on any atom is 0.191 e. The molecule has 0 radical (unpaired) electrons. The van der Waals surface area contributed by atoms with Crippen LogP contribution in [0.1, 0.15) is 43.7 Å². The van der Waals surface area contributed by atoms with Crippen molar-refractivity contribution in [3.63, 3.8) is 0 Å². The Balaban J connectivity index is 1.45. The largest absolute Gasteiger partial charge is 0.356 e. The SMILES string of the molecule is CN=C(NCCCN1CCN(C)CC1c1ccccc1)NC1CCCC1. The number of hydrogen-bond acceptors (Lipinski definition) is 3. The van der Waals surface area contributed by atoms with Crippen molar-refractivity contribution in [2.45, 2.75) is 44.2 Å². The Morgan fingerprint density at radius 3 is 2.65 bits per heavy atom. The number of benzene rings is 1. The number of aliphatic imine (C=N–C) groups is 1. The summed E-state index contributed by atoms with van der Waals surface area (Å²) in [6.07, 6.45) is 6.39. The van der Waals surface area contributed by atoms with Gasteiger partial charge >= 0.3 is 0 Å². The van der Waals surface area contributed by atoms with Gasteiger partial charge in [0.1, 0.15) is 0 Å². The molecule has 1 unspecified atom stereocenters. The second-order valence-electron chi connectivity index (χ2n) is 7.70. The molecular formula is C21H35N5. The summed E-state index contributed by atoms with van der Waals surface area (Å²) in [5.74, 6) is 0.967. The predicted molar refractivity (Wildman–Crippen MR) is 110 cm³/mol. The summed E-state index contributed by atoms with van der Waals surface area (Å²) >= 11 is 0. The van der Waals surface area contributed by atoms with E-state index in [2.05, 4.69) is 62.8 Å². The average molecular weight is 358 g/mol. The van der Waals surface area contributed by atoms with Crippen molar-refractivity contribution >= 4 is 5.96 Å². The third-order valence-electron chi connectivity index (χ3n) is 5.71. The molecule has 144 valence electrons. The van der Waals surface area contributed by atoms with Crippen LogP contribution in [0.5, 0.6) is 0 Å². The Bertz CT molecular complexity index is 553. The van der Waals surface area contributed by atoms with E-state index in [0.717, 1.165) is 45.1 Å². The highest BCUT2D eigenvalue weighted by Crippen LogP contribution is 2.24. The molecule has 0 bridgehead atoms. The Morgan fingerprint density at radius 2 is 1.92 bits per heavy atom. The first-order valence-corrected chi connectivity index (χ1v) is 10.2. The number of rotatable bonds is 6. The maximum absolute atomic E-state index is 4.38. The minimum Gasteiger partial charge on any atom is -0.356 e. The molecule has 1 aliphatic carbocycles. The number of nitrogens with zero attached hydrogens (tertiary/aromatic N) is 3. The summed E-state index contributed by atoms with van der Waals surface area (Å²) in [5.41, 5.74) is 1.44. The van der Waals surface area contributed by atoms with Gasteiger partial charge in [0, 0.05) is 51.9 Å². The third-order valence-corrected chi connectivity index (χ3v) is 5.71. The van der Waals surface area contributed by atoms with Crippen molar-refractivity contribution in [3.8, 4) is 0 Å². The average Bonchev–Trinajstić information content (AvgIpc) is 3.19. The van der Waals surface area contributed by atoms with Crippen molar-refractivity contribution in [2.24, 2.45) is 4.99 Å². The Kier molecular flexibility index (Phi) is 7.32. The molecule has 0 aromatic heterocycles. The number of piperazine rings is 1. The second kappa shape index (κ2) is 9.93. The molecule has 0 spiro atoms. The summed E-state index contributed by atoms with van der Waals surface area (Å²) in [7, 11) is 4.10. The molecule has 1 heterocycles.